The van der Waals surface area contributed by atoms with Gasteiger partial charge in [0.25, 0.3) is 10.0 Å². The Kier molecular flexibility index (Phi) is 4.36. The summed E-state index contributed by atoms with van der Waals surface area (Å²) >= 11 is 0. The van der Waals surface area contributed by atoms with E-state index in [1.54, 1.807) is 18.2 Å². The molecule has 0 saturated heterocycles. The molecule has 1 aliphatic carbocycles. The second-order valence-corrected chi connectivity index (χ2v) is 6.75. The number of hydrogen-bond donors (Lipinski definition) is 2. The molecule has 1 heterocycles. The van der Waals surface area contributed by atoms with Crippen molar-refractivity contribution in [1.82, 2.24) is 4.72 Å². The Hall–Kier alpha value is -1.11. The topological polar surface area (TPSA) is 84.5 Å². The van der Waals surface area contributed by atoms with Gasteiger partial charge in [-0.1, -0.05) is 25.0 Å². The highest BCUT2D eigenvalue weighted by molar-refractivity contribution is 7.90. The van der Waals surface area contributed by atoms with Crippen LogP contribution in [0.1, 0.15) is 31.2 Å². The number of rotatable bonds is 1. The van der Waals surface area contributed by atoms with Gasteiger partial charge in [0.05, 0.1) is 10.9 Å². The Morgan fingerprint density at radius 3 is 2.65 bits per heavy atom. The molecule has 2 atom stereocenters. The van der Waals surface area contributed by atoms with E-state index < -0.39 is 10.0 Å². The van der Waals surface area contributed by atoms with Gasteiger partial charge in [-0.3, -0.25) is 9.71 Å². The van der Waals surface area contributed by atoms with E-state index in [1.807, 2.05) is 6.07 Å². The van der Waals surface area contributed by atoms with Crippen LogP contribution >= 0.6 is 12.4 Å². The van der Waals surface area contributed by atoms with Crippen molar-refractivity contribution in [3.05, 3.63) is 29.8 Å². The minimum Gasteiger partial charge on any atom is -0.326 e. The number of nitrogens with two attached hydrogens (primary N) is 1. The highest BCUT2D eigenvalue weighted by Crippen LogP contribution is 2.25. The quantitative estimate of drug-likeness (QED) is 0.822. The molecule has 7 heteroatoms. The van der Waals surface area contributed by atoms with E-state index in [1.165, 1.54) is 0 Å². The third kappa shape index (κ3) is 2.68. The number of halogens is 1. The Morgan fingerprint density at radius 2 is 1.90 bits per heavy atom. The summed E-state index contributed by atoms with van der Waals surface area (Å²) in [6, 6.07) is 6.95. The Labute approximate surface area is 125 Å². The maximum Gasteiger partial charge on any atom is 0.263 e. The Balaban J connectivity index is 0.00000147. The van der Waals surface area contributed by atoms with Gasteiger partial charge in [0, 0.05) is 11.6 Å². The lowest BCUT2D eigenvalue weighted by atomic mass is 9.91. The number of sulfonamides is 1. The van der Waals surface area contributed by atoms with E-state index in [0.717, 1.165) is 25.7 Å². The summed E-state index contributed by atoms with van der Waals surface area (Å²) in [5, 5.41) is 0. The second-order valence-electron chi connectivity index (χ2n) is 5.10. The molecule has 3 N–H and O–H groups in total. The van der Waals surface area contributed by atoms with E-state index in [9.17, 15) is 8.42 Å². The minimum atomic E-state index is -3.44. The molecule has 3 rings (SSSR count). The number of benzene rings is 1. The fraction of sp³-hybridized carbons (Fsp3) is 0.462. The molecule has 0 amide bonds. The number of hydrogen-bond acceptors (Lipinski definition) is 4. The van der Waals surface area contributed by atoms with Crippen LogP contribution in [0, 0.1) is 0 Å². The average Bonchev–Trinajstić information content (AvgIpc) is 2.65. The lowest BCUT2D eigenvalue weighted by molar-refractivity contribution is 0.386. The van der Waals surface area contributed by atoms with Crippen molar-refractivity contribution in [3.63, 3.8) is 0 Å². The van der Waals surface area contributed by atoms with Gasteiger partial charge in [-0.2, -0.15) is 0 Å². The molecule has 1 aromatic rings. The fourth-order valence-corrected chi connectivity index (χ4v) is 3.93. The molecule has 0 bridgehead atoms. The first-order chi connectivity index (χ1) is 9.08. The van der Waals surface area contributed by atoms with Gasteiger partial charge in [-0.25, -0.2) is 8.42 Å². The first-order valence-electron chi connectivity index (χ1n) is 6.53. The van der Waals surface area contributed by atoms with Gasteiger partial charge < -0.3 is 5.73 Å². The van der Waals surface area contributed by atoms with Gasteiger partial charge in [-0.15, -0.1) is 12.4 Å². The summed E-state index contributed by atoms with van der Waals surface area (Å²) in [5.74, 6) is 0.443. The summed E-state index contributed by atoms with van der Waals surface area (Å²) in [7, 11) is -3.44. The van der Waals surface area contributed by atoms with Gasteiger partial charge >= 0.3 is 0 Å². The predicted molar refractivity (Wildman–Crippen MR) is 80.8 cm³/mol. The molecule has 2 aliphatic rings. The van der Waals surface area contributed by atoms with Crippen LogP contribution in [0.4, 0.5) is 0 Å². The molecule has 0 aromatic heterocycles. The fourth-order valence-electron chi connectivity index (χ4n) is 2.70. The van der Waals surface area contributed by atoms with Crippen molar-refractivity contribution >= 4 is 28.3 Å². The molecule has 1 aliphatic heterocycles. The van der Waals surface area contributed by atoms with Crippen LogP contribution in [0.25, 0.3) is 0 Å². The lowest BCUT2D eigenvalue weighted by Crippen LogP contribution is -2.38. The molecule has 1 fully saturated rings. The number of amidine groups is 1. The summed E-state index contributed by atoms with van der Waals surface area (Å²) in [6.07, 6.45) is 4.11. The lowest BCUT2D eigenvalue weighted by Gasteiger charge is -2.25. The van der Waals surface area contributed by atoms with Crippen molar-refractivity contribution in [1.29, 1.82) is 0 Å². The molecule has 5 nitrogen and oxygen atoms in total. The zero-order chi connectivity index (χ0) is 13.5. The maximum absolute atomic E-state index is 12.0. The predicted octanol–water partition coefficient (Wildman–Crippen LogP) is 1.42. The van der Waals surface area contributed by atoms with E-state index in [0.29, 0.717) is 16.3 Å². The van der Waals surface area contributed by atoms with Crippen LogP contribution in [0.5, 0.6) is 0 Å². The number of fused-ring (bicyclic) bond motifs is 1. The van der Waals surface area contributed by atoms with Gasteiger partial charge in [0.1, 0.15) is 5.84 Å². The standard InChI is InChI=1S/C13H17N3O2S.ClH/c14-10-6-2-3-7-11(10)15-13-9-5-1-4-8-12(9)19(17,18)16-13;/h1,4-5,8,10-11H,2-3,6-7,14H2,(H,15,16);1H. The highest BCUT2D eigenvalue weighted by Gasteiger charge is 2.32. The molecule has 1 aromatic carbocycles. The summed E-state index contributed by atoms with van der Waals surface area (Å²) in [6.45, 7) is 0. The minimum absolute atomic E-state index is 0. The second kappa shape index (κ2) is 5.71. The van der Waals surface area contributed by atoms with Crippen LogP contribution < -0.4 is 10.5 Å². The van der Waals surface area contributed by atoms with Gasteiger partial charge in [0.2, 0.25) is 0 Å². The van der Waals surface area contributed by atoms with Crippen LogP contribution in [-0.2, 0) is 10.0 Å². The van der Waals surface area contributed by atoms with Crippen molar-refractivity contribution in [2.24, 2.45) is 10.7 Å². The van der Waals surface area contributed by atoms with Crippen LogP contribution in [0.15, 0.2) is 34.2 Å². The van der Waals surface area contributed by atoms with Crippen molar-refractivity contribution in [2.75, 3.05) is 0 Å². The Bertz CT molecular complexity index is 630. The normalized spacial score (nSPS) is 29.4. The zero-order valence-corrected chi connectivity index (χ0v) is 12.6. The Morgan fingerprint density at radius 1 is 1.20 bits per heavy atom. The van der Waals surface area contributed by atoms with Crippen LogP contribution in [0.3, 0.4) is 0 Å². The maximum atomic E-state index is 12.0. The monoisotopic (exact) mass is 315 g/mol. The molecule has 20 heavy (non-hydrogen) atoms. The van der Waals surface area contributed by atoms with E-state index in [-0.39, 0.29) is 24.5 Å². The zero-order valence-electron chi connectivity index (χ0n) is 11.0. The smallest absolute Gasteiger partial charge is 0.263 e. The first-order valence-corrected chi connectivity index (χ1v) is 8.02. The number of aliphatic imine (C=N–C) groups is 1. The van der Waals surface area contributed by atoms with E-state index in [2.05, 4.69) is 9.71 Å². The van der Waals surface area contributed by atoms with Gasteiger partial charge in [-0.05, 0) is 25.0 Å². The molecule has 2 unspecified atom stereocenters. The first kappa shape index (κ1) is 15.3. The summed E-state index contributed by atoms with van der Waals surface area (Å²) in [5.41, 5.74) is 6.71. The third-order valence-corrected chi connectivity index (χ3v) is 5.14. The molecule has 1 saturated carbocycles. The van der Waals surface area contributed by atoms with Crippen LogP contribution in [-0.4, -0.2) is 26.3 Å². The van der Waals surface area contributed by atoms with E-state index in [4.69, 9.17) is 5.73 Å². The largest absolute Gasteiger partial charge is 0.326 e. The molecular weight excluding hydrogens is 298 g/mol. The third-order valence-electron chi connectivity index (χ3n) is 3.74. The summed E-state index contributed by atoms with van der Waals surface area (Å²) < 4.78 is 26.5. The van der Waals surface area contributed by atoms with E-state index >= 15 is 0 Å². The van der Waals surface area contributed by atoms with Crippen molar-refractivity contribution < 1.29 is 8.42 Å². The van der Waals surface area contributed by atoms with Crippen molar-refractivity contribution in [3.8, 4) is 0 Å². The van der Waals surface area contributed by atoms with Crippen molar-refractivity contribution in [2.45, 2.75) is 42.7 Å². The molecule has 0 radical (unpaired) electrons. The highest BCUT2D eigenvalue weighted by atomic mass is 35.5. The molecule has 110 valence electrons. The summed E-state index contributed by atoms with van der Waals surface area (Å²) in [4.78, 5) is 4.86. The SMILES string of the molecule is Cl.NC1CCCCC1N=C1NS(=O)(=O)c2ccccc21. The van der Waals surface area contributed by atoms with Gasteiger partial charge in [0.15, 0.2) is 0 Å². The number of nitrogens with one attached hydrogen (secondary N) is 1. The van der Waals surface area contributed by atoms with Crippen LogP contribution in [0.2, 0.25) is 0 Å². The number of nitrogens with zero attached hydrogens (tertiary/aromatic N) is 1. The molecule has 0 spiro atoms. The molecular formula is C13H18ClN3O2S. The average molecular weight is 316 g/mol.